The normalized spacial score (nSPS) is 11.4. The molecular formula is C18H25N3O3. The number of nitrogen functional groups attached to an aromatic ring is 1. The summed E-state index contributed by atoms with van der Waals surface area (Å²) in [5, 5.41) is 4.26. The van der Waals surface area contributed by atoms with Gasteiger partial charge in [-0.3, -0.25) is 0 Å². The fourth-order valence-electron chi connectivity index (χ4n) is 2.36. The molecule has 0 amide bonds. The summed E-state index contributed by atoms with van der Waals surface area (Å²) in [6.45, 7) is 7.46. The highest BCUT2D eigenvalue weighted by Crippen LogP contribution is 2.19. The molecule has 0 saturated heterocycles. The molecule has 0 fully saturated rings. The van der Waals surface area contributed by atoms with Crippen LogP contribution in [0.2, 0.25) is 0 Å². The number of rotatable bonds is 4. The van der Waals surface area contributed by atoms with Crippen molar-refractivity contribution in [3.8, 4) is 5.75 Å². The van der Waals surface area contributed by atoms with E-state index in [-0.39, 0.29) is 5.82 Å². The zero-order valence-corrected chi connectivity index (χ0v) is 14.9. The summed E-state index contributed by atoms with van der Waals surface area (Å²) in [4.78, 5) is 12.1. The number of carbonyl (C=O) groups excluding carboxylic acids is 1. The van der Waals surface area contributed by atoms with Crippen LogP contribution in [0.25, 0.3) is 0 Å². The third-order valence-electron chi connectivity index (χ3n) is 3.55. The summed E-state index contributed by atoms with van der Waals surface area (Å²) < 4.78 is 11.6. The first-order chi connectivity index (χ1) is 11.2. The van der Waals surface area contributed by atoms with Gasteiger partial charge in [-0.05, 0) is 63.8 Å². The number of ether oxygens (including phenoxy) is 2. The van der Waals surface area contributed by atoms with E-state index in [9.17, 15) is 4.79 Å². The molecule has 0 saturated carbocycles. The van der Waals surface area contributed by atoms with Gasteiger partial charge in [-0.1, -0.05) is 6.07 Å². The Morgan fingerprint density at radius 1 is 1.25 bits per heavy atom. The Balaban J connectivity index is 2.07. The van der Waals surface area contributed by atoms with E-state index >= 15 is 0 Å². The van der Waals surface area contributed by atoms with Crippen molar-refractivity contribution in [1.29, 1.82) is 0 Å². The van der Waals surface area contributed by atoms with E-state index in [1.165, 1.54) is 5.56 Å². The average Bonchev–Trinajstić information content (AvgIpc) is 2.85. The lowest BCUT2D eigenvalue weighted by Crippen LogP contribution is -2.28. The van der Waals surface area contributed by atoms with Gasteiger partial charge in [0.25, 0.3) is 0 Å². The van der Waals surface area contributed by atoms with Crippen LogP contribution < -0.4 is 10.5 Å². The summed E-state index contributed by atoms with van der Waals surface area (Å²) >= 11 is 0. The van der Waals surface area contributed by atoms with Crippen molar-refractivity contribution >= 4 is 11.9 Å². The second-order valence-electron chi connectivity index (χ2n) is 6.75. The number of methoxy groups -OCH3 is 1. The molecule has 6 nitrogen and oxygen atoms in total. The largest absolute Gasteiger partial charge is 0.497 e. The Labute approximate surface area is 142 Å². The molecule has 0 aliphatic carbocycles. The maximum atomic E-state index is 12.1. The molecule has 1 aromatic carbocycles. The molecule has 0 unspecified atom stereocenters. The van der Waals surface area contributed by atoms with Crippen LogP contribution in [0.5, 0.6) is 5.75 Å². The number of hydrogen-bond acceptors (Lipinski definition) is 5. The van der Waals surface area contributed by atoms with Crippen LogP contribution in [0.15, 0.2) is 24.3 Å². The van der Waals surface area contributed by atoms with Crippen molar-refractivity contribution in [1.82, 2.24) is 9.78 Å². The fourth-order valence-corrected chi connectivity index (χ4v) is 2.36. The van der Waals surface area contributed by atoms with E-state index in [1.807, 2.05) is 25.1 Å². The molecule has 1 heterocycles. The van der Waals surface area contributed by atoms with Gasteiger partial charge in [0, 0.05) is 6.07 Å². The first kappa shape index (κ1) is 17.8. The first-order valence-corrected chi connectivity index (χ1v) is 7.91. The zero-order chi connectivity index (χ0) is 17.9. The highest BCUT2D eigenvalue weighted by Gasteiger charge is 2.20. The lowest BCUT2D eigenvalue weighted by Gasteiger charge is -2.19. The minimum atomic E-state index is -0.587. The number of benzene rings is 1. The number of aryl methyl sites for hydroxylation is 3. The molecule has 2 rings (SSSR count). The number of nitrogens with zero attached hydrogens (tertiary/aromatic N) is 2. The van der Waals surface area contributed by atoms with E-state index in [0.29, 0.717) is 6.42 Å². The monoisotopic (exact) mass is 331 g/mol. The molecule has 130 valence electrons. The van der Waals surface area contributed by atoms with Crippen LogP contribution in [0.1, 0.15) is 37.6 Å². The molecule has 0 radical (unpaired) electrons. The van der Waals surface area contributed by atoms with Gasteiger partial charge in [-0.25, -0.2) is 4.79 Å². The van der Waals surface area contributed by atoms with Crippen LogP contribution in [-0.4, -0.2) is 28.6 Å². The van der Waals surface area contributed by atoms with Crippen molar-refractivity contribution in [2.24, 2.45) is 0 Å². The zero-order valence-electron chi connectivity index (χ0n) is 14.9. The summed E-state index contributed by atoms with van der Waals surface area (Å²) in [5.41, 5.74) is 8.42. The van der Waals surface area contributed by atoms with Crippen molar-refractivity contribution < 1.29 is 14.3 Å². The van der Waals surface area contributed by atoms with Gasteiger partial charge in [-0.15, -0.1) is 4.68 Å². The third kappa shape index (κ3) is 4.50. The molecule has 0 aliphatic heterocycles. The number of hydrogen-bond donors (Lipinski definition) is 1. The van der Waals surface area contributed by atoms with Crippen LogP contribution in [0.4, 0.5) is 10.6 Å². The van der Waals surface area contributed by atoms with Crippen LogP contribution in [0.3, 0.4) is 0 Å². The molecule has 0 spiro atoms. The molecule has 1 aromatic heterocycles. The fraction of sp³-hybridized carbons (Fsp3) is 0.444. The highest BCUT2D eigenvalue weighted by atomic mass is 16.6. The average molecular weight is 331 g/mol. The van der Waals surface area contributed by atoms with Crippen molar-refractivity contribution in [2.45, 2.75) is 46.1 Å². The number of carbonyl (C=O) groups is 1. The molecule has 2 N–H and O–H groups in total. The first-order valence-electron chi connectivity index (χ1n) is 7.91. The summed E-state index contributed by atoms with van der Waals surface area (Å²) in [7, 11) is 1.65. The van der Waals surface area contributed by atoms with Gasteiger partial charge in [0.15, 0.2) is 0 Å². The highest BCUT2D eigenvalue weighted by molar-refractivity contribution is 5.73. The molecule has 6 heteroatoms. The van der Waals surface area contributed by atoms with Crippen molar-refractivity contribution in [3.63, 3.8) is 0 Å². The van der Waals surface area contributed by atoms with Gasteiger partial charge in [0.05, 0.1) is 12.8 Å². The summed E-state index contributed by atoms with van der Waals surface area (Å²) in [6.07, 6.45) is 0.931. The molecule has 0 atom stereocenters. The Morgan fingerprint density at radius 3 is 2.54 bits per heavy atom. The third-order valence-corrected chi connectivity index (χ3v) is 3.55. The molecule has 0 bridgehead atoms. The van der Waals surface area contributed by atoms with Gasteiger partial charge >= 0.3 is 6.09 Å². The van der Waals surface area contributed by atoms with E-state index < -0.39 is 11.7 Å². The van der Waals surface area contributed by atoms with Gasteiger partial charge in [-0.2, -0.15) is 5.10 Å². The van der Waals surface area contributed by atoms with Crippen molar-refractivity contribution in [3.05, 3.63) is 41.1 Å². The smallest absolute Gasteiger partial charge is 0.437 e. The predicted octanol–water partition coefficient (Wildman–Crippen LogP) is 3.35. The minimum absolute atomic E-state index is 0.283. The Bertz CT molecular complexity index is 730. The topological polar surface area (TPSA) is 79.4 Å². The lowest BCUT2D eigenvalue weighted by atomic mass is 10.0. The predicted molar refractivity (Wildman–Crippen MR) is 93.4 cm³/mol. The van der Waals surface area contributed by atoms with E-state index in [1.54, 1.807) is 33.9 Å². The SMILES string of the molecule is COc1ccc(CCc2cc(N)n(C(=O)OC(C)(C)C)n2)c(C)c1. The second-order valence-corrected chi connectivity index (χ2v) is 6.75. The second kappa shape index (κ2) is 6.95. The quantitative estimate of drug-likeness (QED) is 0.929. The molecule has 0 aliphatic rings. The standard InChI is InChI=1S/C18H25N3O3/c1-12-10-15(23-5)9-7-13(12)6-8-14-11-16(19)21(20-14)17(22)24-18(2,3)4/h7,9-11H,6,8,19H2,1-5H3. The van der Waals surface area contributed by atoms with Crippen LogP contribution >= 0.6 is 0 Å². The number of anilines is 1. The van der Waals surface area contributed by atoms with Crippen molar-refractivity contribution in [2.75, 3.05) is 12.8 Å². The summed E-state index contributed by atoms with van der Waals surface area (Å²) in [6, 6.07) is 7.70. The summed E-state index contributed by atoms with van der Waals surface area (Å²) in [5.74, 6) is 1.13. The Kier molecular flexibility index (Phi) is 5.17. The molecular weight excluding hydrogens is 306 g/mol. The maximum absolute atomic E-state index is 12.1. The number of nitrogens with two attached hydrogens (primary N) is 1. The van der Waals surface area contributed by atoms with Gasteiger partial charge < -0.3 is 15.2 Å². The van der Waals surface area contributed by atoms with E-state index in [0.717, 1.165) is 28.1 Å². The van der Waals surface area contributed by atoms with E-state index in [2.05, 4.69) is 5.10 Å². The Hall–Kier alpha value is -2.50. The van der Waals surface area contributed by atoms with Crippen LogP contribution in [0, 0.1) is 6.92 Å². The van der Waals surface area contributed by atoms with Gasteiger partial charge in [0.1, 0.15) is 17.2 Å². The Morgan fingerprint density at radius 2 is 1.96 bits per heavy atom. The maximum Gasteiger partial charge on any atom is 0.437 e. The van der Waals surface area contributed by atoms with E-state index in [4.69, 9.17) is 15.2 Å². The van der Waals surface area contributed by atoms with Gasteiger partial charge in [0.2, 0.25) is 0 Å². The number of aromatic nitrogens is 2. The molecule has 2 aromatic rings. The minimum Gasteiger partial charge on any atom is -0.497 e. The molecule has 24 heavy (non-hydrogen) atoms. The van der Waals surface area contributed by atoms with Crippen LogP contribution in [-0.2, 0) is 17.6 Å². The lowest BCUT2D eigenvalue weighted by molar-refractivity contribution is 0.0518.